The second kappa shape index (κ2) is 4.49. The van der Waals surface area contributed by atoms with Crippen LogP contribution in [0.3, 0.4) is 0 Å². The van der Waals surface area contributed by atoms with Crippen LogP contribution in [0.5, 0.6) is 0 Å². The molecule has 0 aromatic heterocycles. The molecule has 3 aliphatic rings. The Labute approximate surface area is 125 Å². The average Bonchev–Trinajstić information content (AvgIpc) is 2.37. The van der Waals surface area contributed by atoms with E-state index < -0.39 is 0 Å². The summed E-state index contributed by atoms with van der Waals surface area (Å²) in [6.45, 7) is 14.1. The Balaban J connectivity index is 1.94. The predicted octanol–water partition coefficient (Wildman–Crippen LogP) is 6.14. The highest BCUT2D eigenvalue weighted by Gasteiger charge is 2.53. The Morgan fingerprint density at radius 2 is 1.90 bits per heavy atom. The maximum atomic E-state index is 4.09. The summed E-state index contributed by atoms with van der Waals surface area (Å²) in [5.74, 6) is 1.75. The Hall–Kier alpha value is -0.520. The molecule has 0 saturated heterocycles. The Morgan fingerprint density at radius 1 is 1.15 bits per heavy atom. The number of rotatable bonds is 1. The van der Waals surface area contributed by atoms with E-state index in [-0.39, 0.29) is 0 Å². The van der Waals surface area contributed by atoms with Crippen LogP contribution in [0.2, 0.25) is 0 Å². The smallest absolute Gasteiger partial charge is 0.0112 e. The van der Waals surface area contributed by atoms with Crippen LogP contribution in [-0.2, 0) is 0 Å². The third-order valence-corrected chi connectivity index (χ3v) is 7.24. The minimum absolute atomic E-state index is 0.357. The molecule has 0 aromatic rings. The molecule has 0 nitrogen and oxygen atoms in total. The second-order valence-corrected chi connectivity index (χ2v) is 9.04. The number of hydrogen-bond donors (Lipinski definition) is 0. The molecule has 0 amide bonds. The van der Waals surface area contributed by atoms with Crippen molar-refractivity contribution in [2.75, 3.05) is 0 Å². The van der Waals surface area contributed by atoms with E-state index in [1.165, 1.54) is 44.9 Å². The van der Waals surface area contributed by atoms with Gasteiger partial charge in [-0.25, -0.2) is 0 Å². The van der Waals surface area contributed by atoms with Crippen molar-refractivity contribution in [2.45, 2.75) is 72.6 Å². The molecule has 2 fully saturated rings. The van der Waals surface area contributed by atoms with Gasteiger partial charge in [0.15, 0.2) is 0 Å². The van der Waals surface area contributed by atoms with Gasteiger partial charge in [0, 0.05) is 0 Å². The molecule has 0 heteroatoms. The van der Waals surface area contributed by atoms with Crippen LogP contribution in [-0.4, -0.2) is 0 Å². The summed E-state index contributed by atoms with van der Waals surface area (Å²) < 4.78 is 0. The second-order valence-electron chi connectivity index (χ2n) is 9.04. The van der Waals surface area contributed by atoms with E-state index in [1.54, 1.807) is 5.57 Å². The summed E-state index contributed by atoms with van der Waals surface area (Å²) in [7, 11) is 0. The first-order valence-corrected chi connectivity index (χ1v) is 8.63. The van der Waals surface area contributed by atoms with Gasteiger partial charge in [-0.05, 0) is 66.6 Å². The number of fused-ring (bicyclic) bond motifs is 3. The lowest BCUT2D eigenvalue weighted by Crippen LogP contribution is -2.50. The summed E-state index contributed by atoms with van der Waals surface area (Å²) in [6.07, 6.45) is 14.5. The first-order chi connectivity index (χ1) is 9.31. The van der Waals surface area contributed by atoms with E-state index >= 15 is 0 Å². The molecule has 0 unspecified atom stereocenters. The normalized spacial score (nSPS) is 46.9. The van der Waals surface area contributed by atoms with Crippen molar-refractivity contribution in [3.05, 3.63) is 24.3 Å². The topological polar surface area (TPSA) is 0 Å². The van der Waals surface area contributed by atoms with Crippen LogP contribution in [0, 0.1) is 28.1 Å². The minimum Gasteiger partial charge on any atom is -0.103 e. The number of hydrogen-bond acceptors (Lipinski definition) is 0. The lowest BCUT2D eigenvalue weighted by Gasteiger charge is -2.59. The van der Waals surface area contributed by atoms with Gasteiger partial charge in [0.05, 0.1) is 0 Å². The molecule has 0 heterocycles. The fourth-order valence-corrected chi connectivity index (χ4v) is 5.92. The van der Waals surface area contributed by atoms with E-state index in [2.05, 4.69) is 46.4 Å². The molecule has 0 N–H and O–H groups in total. The van der Waals surface area contributed by atoms with Gasteiger partial charge < -0.3 is 0 Å². The summed E-state index contributed by atoms with van der Waals surface area (Å²) in [5.41, 5.74) is 3.23. The van der Waals surface area contributed by atoms with Crippen LogP contribution in [0.15, 0.2) is 24.3 Å². The van der Waals surface area contributed by atoms with Gasteiger partial charge in [-0.2, -0.15) is 0 Å². The molecule has 3 aliphatic carbocycles. The third kappa shape index (κ3) is 2.02. The quantitative estimate of drug-likeness (QED) is 0.503. The summed E-state index contributed by atoms with van der Waals surface area (Å²) in [5, 5.41) is 0. The first kappa shape index (κ1) is 14.4. The molecular weight excluding hydrogens is 240 g/mol. The molecule has 0 aliphatic heterocycles. The molecule has 2 saturated carbocycles. The zero-order valence-corrected chi connectivity index (χ0v) is 14.0. The Bertz CT molecular complexity index is 441. The Morgan fingerprint density at radius 3 is 2.60 bits per heavy atom. The summed E-state index contributed by atoms with van der Waals surface area (Å²) in [4.78, 5) is 0. The number of allylic oxidation sites excluding steroid dienone is 3. The third-order valence-electron chi connectivity index (χ3n) is 7.24. The van der Waals surface area contributed by atoms with Crippen LogP contribution >= 0.6 is 0 Å². The van der Waals surface area contributed by atoms with Crippen molar-refractivity contribution in [3.8, 4) is 0 Å². The molecule has 0 bridgehead atoms. The highest BCUT2D eigenvalue weighted by Crippen LogP contribution is 2.63. The van der Waals surface area contributed by atoms with Crippen LogP contribution < -0.4 is 0 Å². The van der Waals surface area contributed by atoms with Crippen molar-refractivity contribution in [1.82, 2.24) is 0 Å². The maximum Gasteiger partial charge on any atom is -0.0112 e. The largest absolute Gasteiger partial charge is 0.103 e. The van der Waals surface area contributed by atoms with Crippen LogP contribution in [0.25, 0.3) is 0 Å². The molecule has 20 heavy (non-hydrogen) atoms. The van der Waals surface area contributed by atoms with Gasteiger partial charge in [0.1, 0.15) is 0 Å². The van der Waals surface area contributed by atoms with Crippen molar-refractivity contribution in [2.24, 2.45) is 28.1 Å². The van der Waals surface area contributed by atoms with E-state index in [1.807, 2.05) is 0 Å². The van der Waals surface area contributed by atoms with Crippen molar-refractivity contribution >= 4 is 0 Å². The zero-order valence-electron chi connectivity index (χ0n) is 14.0. The fourth-order valence-electron chi connectivity index (χ4n) is 5.92. The molecule has 0 aromatic carbocycles. The van der Waals surface area contributed by atoms with Crippen molar-refractivity contribution in [1.29, 1.82) is 0 Å². The Kier molecular flexibility index (Phi) is 3.23. The molecule has 0 spiro atoms. The standard InChI is InChI=1S/C20H32/c1-6-19(4)13-10-16-15(14-19)8-9-17-18(2,3)11-7-12-20(16,17)5/h6,8,16-17H,1,7,9-14H2,2-5H3/t16-,17+,19-,20-/m0/s1. The van der Waals surface area contributed by atoms with Crippen molar-refractivity contribution < 1.29 is 0 Å². The highest BCUT2D eigenvalue weighted by atomic mass is 14.6. The van der Waals surface area contributed by atoms with Gasteiger partial charge >= 0.3 is 0 Å². The van der Waals surface area contributed by atoms with E-state index in [4.69, 9.17) is 0 Å². The van der Waals surface area contributed by atoms with Gasteiger partial charge in [-0.1, -0.05) is 51.8 Å². The summed E-state index contributed by atoms with van der Waals surface area (Å²) in [6, 6.07) is 0. The minimum atomic E-state index is 0.357. The first-order valence-electron chi connectivity index (χ1n) is 8.63. The zero-order chi connectivity index (χ0) is 14.6. The molecule has 0 radical (unpaired) electrons. The SMILES string of the molecule is C=C[C@@]1(C)CC[C@H]2C(=CC[C@@H]3C(C)(C)CCC[C@]32C)C1. The van der Waals surface area contributed by atoms with E-state index in [9.17, 15) is 0 Å². The monoisotopic (exact) mass is 272 g/mol. The molecule has 112 valence electrons. The lowest BCUT2D eigenvalue weighted by molar-refractivity contribution is -0.0489. The highest BCUT2D eigenvalue weighted by molar-refractivity contribution is 5.24. The van der Waals surface area contributed by atoms with E-state index in [0.717, 1.165) is 11.8 Å². The molecular formula is C20H32. The van der Waals surface area contributed by atoms with Crippen LogP contribution in [0.1, 0.15) is 72.6 Å². The van der Waals surface area contributed by atoms with Gasteiger partial charge in [-0.15, -0.1) is 6.58 Å². The van der Waals surface area contributed by atoms with E-state index in [0.29, 0.717) is 16.2 Å². The summed E-state index contributed by atoms with van der Waals surface area (Å²) >= 11 is 0. The maximum absolute atomic E-state index is 4.09. The lowest BCUT2D eigenvalue weighted by atomic mass is 9.46. The predicted molar refractivity (Wildman–Crippen MR) is 87.6 cm³/mol. The average molecular weight is 272 g/mol. The fraction of sp³-hybridized carbons (Fsp3) is 0.800. The van der Waals surface area contributed by atoms with Crippen LogP contribution in [0.4, 0.5) is 0 Å². The van der Waals surface area contributed by atoms with Gasteiger partial charge in [0.25, 0.3) is 0 Å². The van der Waals surface area contributed by atoms with Gasteiger partial charge in [0.2, 0.25) is 0 Å². The van der Waals surface area contributed by atoms with Gasteiger partial charge in [-0.3, -0.25) is 0 Å². The van der Waals surface area contributed by atoms with Crippen molar-refractivity contribution in [3.63, 3.8) is 0 Å². The molecule has 4 atom stereocenters. The molecule has 3 rings (SSSR count).